The summed E-state index contributed by atoms with van der Waals surface area (Å²) in [5, 5.41) is 10.9. The van der Waals surface area contributed by atoms with E-state index in [4.69, 9.17) is 11.6 Å². The molecule has 0 N–H and O–H groups in total. The molecule has 3 rings (SSSR count). The minimum Gasteiger partial charge on any atom is -0.307 e. The van der Waals surface area contributed by atoms with E-state index in [1.54, 1.807) is 6.07 Å². The lowest BCUT2D eigenvalue weighted by Gasteiger charge is -2.18. The van der Waals surface area contributed by atoms with Crippen molar-refractivity contribution in [2.75, 3.05) is 11.4 Å². The number of nitro benzene ring substituents is 1. The molecule has 2 aromatic rings. The molecular formula is C15H10ClFN2O3. The minimum absolute atomic E-state index is 0.0175. The van der Waals surface area contributed by atoms with Gasteiger partial charge in [-0.15, -0.1) is 0 Å². The van der Waals surface area contributed by atoms with Crippen molar-refractivity contribution in [3.8, 4) is 0 Å². The second kappa shape index (κ2) is 5.38. The van der Waals surface area contributed by atoms with Crippen LogP contribution in [0, 0.1) is 15.9 Å². The minimum atomic E-state index is -0.712. The van der Waals surface area contributed by atoms with E-state index in [-0.39, 0.29) is 16.3 Å². The van der Waals surface area contributed by atoms with Gasteiger partial charge in [0.15, 0.2) is 0 Å². The molecule has 0 aromatic heterocycles. The van der Waals surface area contributed by atoms with E-state index >= 15 is 0 Å². The summed E-state index contributed by atoms with van der Waals surface area (Å²) in [4.78, 5) is 24.2. The van der Waals surface area contributed by atoms with Crippen molar-refractivity contribution in [2.45, 2.75) is 6.42 Å². The van der Waals surface area contributed by atoms with Crippen molar-refractivity contribution >= 4 is 28.9 Å². The van der Waals surface area contributed by atoms with Gasteiger partial charge >= 0.3 is 0 Å². The zero-order valence-electron chi connectivity index (χ0n) is 11.3. The number of carbonyl (C=O) groups is 1. The van der Waals surface area contributed by atoms with Gasteiger partial charge in [-0.3, -0.25) is 14.9 Å². The zero-order chi connectivity index (χ0) is 15.9. The first-order chi connectivity index (χ1) is 10.5. The van der Waals surface area contributed by atoms with E-state index < -0.39 is 16.6 Å². The predicted octanol–water partition coefficient (Wildman–Crippen LogP) is 3.59. The van der Waals surface area contributed by atoms with Crippen molar-refractivity contribution in [1.82, 2.24) is 0 Å². The number of rotatable bonds is 2. The molecule has 0 unspecified atom stereocenters. The monoisotopic (exact) mass is 320 g/mol. The maximum Gasteiger partial charge on any atom is 0.271 e. The van der Waals surface area contributed by atoms with Gasteiger partial charge < -0.3 is 4.90 Å². The average molecular weight is 321 g/mol. The van der Waals surface area contributed by atoms with Gasteiger partial charge in [-0.2, -0.15) is 0 Å². The maximum absolute atomic E-state index is 13.9. The number of hydrogen-bond donors (Lipinski definition) is 0. The first kappa shape index (κ1) is 14.5. The van der Waals surface area contributed by atoms with E-state index in [1.165, 1.54) is 29.2 Å². The summed E-state index contributed by atoms with van der Waals surface area (Å²) in [6.45, 7) is 0.333. The number of amides is 1. The highest BCUT2D eigenvalue weighted by Crippen LogP contribution is 2.34. The highest BCUT2D eigenvalue weighted by Gasteiger charge is 2.30. The summed E-state index contributed by atoms with van der Waals surface area (Å²) in [6, 6.07) is 8.34. The third-order valence-corrected chi connectivity index (χ3v) is 3.91. The zero-order valence-corrected chi connectivity index (χ0v) is 12.0. The standard InChI is InChI=1S/C15H10ClFN2O3/c16-11-2-1-3-12(17)14(11)15(20)18-7-6-9-4-5-10(19(21)22)8-13(9)18/h1-5,8H,6-7H2. The molecule has 0 fully saturated rings. The second-order valence-corrected chi connectivity index (χ2v) is 5.28. The van der Waals surface area contributed by atoms with Crippen molar-refractivity contribution in [3.05, 3.63) is 68.5 Å². The van der Waals surface area contributed by atoms with Gasteiger partial charge in [0.1, 0.15) is 5.82 Å². The second-order valence-electron chi connectivity index (χ2n) is 4.87. The summed E-state index contributed by atoms with van der Waals surface area (Å²) in [5.74, 6) is -1.31. The van der Waals surface area contributed by atoms with Crippen LogP contribution in [-0.2, 0) is 6.42 Å². The van der Waals surface area contributed by atoms with Crippen LogP contribution < -0.4 is 4.90 Å². The fourth-order valence-corrected chi connectivity index (χ4v) is 2.77. The van der Waals surface area contributed by atoms with Gasteiger partial charge in [-0.25, -0.2) is 4.39 Å². The summed E-state index contributed by atoms with van der Waals surface area (Å²) in [6.07, 6.45) is 0.561. The Hall–Kier alpha value is -2.47. The summed E-state index contributed by atoms with van der Waals surface area (Å²) >= 11 is 5.92. The lowest BCUT2D eigenvalue weighted by Crippen LogP contribution is -2.30. The Kier molecular flexibility index (Phi) is 3.54. The fourth-order valence-electron chi connectivity index (χ4n) is 2.53. The first-order valence-electron chi connectivity index (χ1n) is 6.52. The van der Waals surface area contributed by atoms with Crippen LogP contribution in [0.5, 0.6) is 0 Å². The van der Waals surface area contributed by atoms with Crippen molar-refractivity contribution in [2.24, 2.45) is 0 Å². The molecular weight excluding hydrogens is 311 g/mol. The lowest BCUT2D eigenvalue weighted by molar-refractivity contribution is -0.384. The molecule has 0 saturated carbocycles. The lowest BCUT2D eigenvalue weighted by atomic mass is 10.1. The Bertz CT molecular complexity index is 774. The predicted molar refractivity (Wildman–Crippen MR) is 79.9 cm³/mol. The molecule has 22 heavy (non-hydrogen) atoms. The molecule has 7 heteroatoms. The highest BCUT2D eigenvalue weighted by molar-refractivity contribution is 6.34. The van der Waals surface area contributed by atoms with E-state index in [0.717, 1.165) is 11.6 Å². The van der Waals surface area contributed by atoms with Gasteiger partial charge in [-0.05, 0) is 24.1 Å². The molecule has 112 valence electrons. The largest absolute Gasteiger partial charge is 0.307 e. The Labute approximate surface area is 130 Å². The molecule has 0 spiro atoms. The number of benzene rings is 2. The molecule has 2 aromatic carbocycles. The van der Waals surface area contributed by atoms with E-state index in [2.05, 4.69) is 0 Å². The van der Waals surface area contributed by atoms with Crippen molar-refractivity contribution in [1.29, 1.82) is 0 Å². The third kappa shape index (κ3) is 2.31. The Morgan fingerprint density at radius 3 is 2.77 bits per heavy atom. The number of hydrogen-bond acceptors (Lipinski definition) is 3. The quantitative estimate of drug-likeness (QED) is 0.627. The fraction of sp³-hybridized carbons (Fsp3) is 0.133. The van der Waals surface area contributed by atoms with Crippen LogP contribution in [0.1, 0.15) is 15.9 Å². The number of nitro groups is 1. The molecule has 0 saturated heterocycles. The van der Waals surface area contributed by atoms with Crippen LogP contribution in [-0.4, -0.2) is 17.4 Å². The molecule has 1 aliphatic rings. The van der Waals surface area contributed by atoms with Crippen LogP contribution in [0.25, 0.3) is 0 Å². The normalized spacial score (nSPS) is 13.1. The Morgan fingerprint density at radius 1 is 1.32 bits per heavy atom. The van der Waals surface area contributed by atoms with Crippen molar-refractivity contribution in [3.63, 3.8) is 0 Å². The Balaban J connectivity index is 2.04. The summed E-state index contributed by atoms with van der Waals surface area (Å²) < 4.78 is 13.9. The van der Waals surface area contributed by atoms with E-state index in [1.807, 2.05) is 0 Å². The molecule has 5 nitrogen and oxygen atoms in total. The molecule has 1 heterocycles. The smallest absolute Gasteiger partial charge is 0.271 e. The molecule has 1 aliphatic heterocycles. The maximum atomic E-state index is 13.9. The topological polar surface area (TPSA) is 63.5 Å². The number of anilines is 1. The van der Waals surface area contributed by atoms with Crippen LogP contribution >= 0.6 is 11.6 Å². The molecule has 1 amide bonds. The molecule has 0 atom stereocenters. The van der Waals surface area contributed by atoms with Crippen LogP contribution in [0.3, 0.4) is 0 Å². The first-order valence-corrected chi connectivity index (χ1v) is 6.90. The summed E-state index contributed by atoms with van der Waals surface area (Å²) in [5.41, 5.74) is 0.909. The summed E-state index contributed by atoms with van der Waals surface area (Å²) in [7, 11) is 0. The number of non-ortho nitro benzene ring substituents is 1. The van der Waals surface area contributed by atoms with Crippen molar-refractivity contribution < 1.29 is 14.1 Å². The highest BCUT2D eigenvalue weighted by atomic mass is 35.5. The van der Waals surface area contributed by atoms with Gasteiger partial charge in [0.05, 0.1) is 21.2 Å². The van der Waals surface area contributed by atoms with Crippen LogP contribution in [0.4, 0.5) is 15.8 Å². The number of nitrogens with zero attached hydrogens (tertiary/aromatic N) is 2. The SMILES string of the molecule is O=C(c1c(F)cccc1Cl)N1CCc2ccc([N+](=O)[O-])cc21. The molecule has 0 radical (unpaired) electrons. The number of fused-ring (bicyclic) bond motifs is 1. The van der Waals surface area contributed by atoms with Gasteiger partial charge in [0.2, 0.25) is 0 Å². The Morgan fingerprint density at radius 2 is 2.09 bits per heavy atom. The number of halogens is 2. The van der Waals surface area contributed by atoms with E-state index in [0.29, 0.717) is 18.7 Å². The van der Waals surface area contributed by atoms with Crippen LogP contribution in [0.2, 0.25) is 5.02 Å². The average Bonchev–Trinajstić information content (AvgIpc) is 2.89. The molecule has 0 bridgehead atoms. The molecule has 0 aliphatic carbocycles. The van der Waals surface area contributed by atoms with Gasteiger partial charge in [0.25, 0.3) is 11.6 Å². The van der Waals surface area contributed by atoms with E-state index in [9.17, 15) is 19.3 Å². The number of carbonyl (C=O) groups excluding carboxylic acids is 1. The third-order valence-electron chi connectivity index (χ3n) is 3.60. The van der Waals surface area contributed by atoms with Gasteiger partial charge in [-0.1, -0.05) is 23.7 Å². The van der Waals surface area contributed by atoms with Crippen LogP contribution in [0.15, 0.2) is 36.4 Å². The van der Waals surface area contributed by atoms with Gasteiger partial charge in [0, 0.05) is 18.7 Å².